The van der Waals surface area contributed by atoms with E-state index in [1.54, 1.807) is 0 Å². The van der Waals surface area contributed by atoms with Gasteiger partial charge in [0.1, 0.15) is 0 Å². The highest BCUT2D eigenvalue weighted by molar-refractivity contribution is 5.80. The molecule has 0 aliphatic heterocycles. The molecule has 0 bridgehead atoms. The number of allylic oxidation sites excluding steroid dienone is 1. The first-order valence-corrected chi connectivity index (χ1v) is 9.15. The molecule has 23 heavy (non-hydrogen) atoms. The van der Waals surface area contributed by atoms with Gasteiger partial charge in [-0.25, -0.2) is 4.79 Å². The van der Waals surface area contributed by atoms with Gasteiger partial charge in [0.2, 0.25) is 0 Å². The van der Waals surface area contributed by atoms with Crippen LogP contribution in [-0.2, 0) is 4.79 Å². The van der Waals surface area contributed by atoms with E-state index >= 15 is 0 Å². The fourth-order valence-electron chi connectivity index (χ4n) is 5.77. The molecule has 2 saturated carbocycles. The lowest BCUT2D eigenvalue weighted by molar-refractivity contribution is -0.211. The standard InChI is InChI=1S/C20H34O3/c1-14(13-17(21)22)9-12-20(23)15(2)7-8-16-18(3,4)10-6-11-19(16,20)5/h13,15-16,23H,6-12H2,1-5H3,(H,21,22)/t15-,16-,19-,20+/m0/s1. The van der Waals surface area contributed by atoms with Crippen molar-refractivity contribution in [3.63, 3.8) is 0 Å². The van der Waals surface area contributed by atoms with Crippen LogP contribution in [0, 0.1) is 22.7 Å². The Morgan fingerprint density at radius 1 is 1.22 bits per heavy atom. The third-order valence-electron chi connectivity index (χ3n) is 7.19. The Morgan fingerprint density at radius 3 is 2.48 bits per heavy atom. The van der Waals surface area contributed by atoms with E-state index in [0.717, 1.165) is 18.4 Å². The molecule has 132 valence electrons. The predicted molar refractivity (Wildman–Crippen MR) is 93.2 cm³/mol. The number of carboxylic acids is 1. The normalized spacial score (nSPS) is 40.5. The maximum absolute atomic E-state index is 11.7. The first-order chi connectivity index (χ1) is 10.5. The average Bonchev–Trinajstić information content (AvgIpc) is 2.41. The first-order valence-electron chi connectivity index (χ1n) is 9.15. The van der Waals surface area contributed by atoms with E-state index in [9.17, 15) is 9.90 Å². The number of carbonyl (C=O) groups is 1. The molecule has 0 radical (unpaired) electrons. The van der Waals surface area contributed by atoms with E-state index < -0.39 is 11.6 Å². The van der Waals surface area contributed by atoms with Gasteiger partial charge in [-0.2, -0.15) is 0 Å². The van der Waals surface area contributed by atoms with Crippen LogP contribution >= 0.6 is 0 Å². The van der Waals surface area contributed by atoms with E-state index in [0.29, 0.717) is 18.8 Å². The molecule has 0 heterocycles. The lowest BCUT2D eigenvalue weighted by atomic mass is 9.44. The van der Waals surface area contributed by atoms with Gasteiger partial charge in [0.15, 0.2) is 0 Å². The Balaban J connectivity index is 2.27. The van der Waals surface area contributed by atoms with Crippen LogP contribution in [0.25, 0.3) is 0 Å². The summed E-state index contributed by atoms with van der Waals surface area (Å²) in [7, 11) is 0. The van der Waals surface area contributed by atoms with Crippen LogP contribution in [0.4, 0.5) is 0 Å². The minimum atomic E-state index is -0.894. The molecule has 0 saturated heterocycles. The van der Waals surface area contributed by atoms with Gasteiger partial charge in [-0.05, 0) is 68.1 Å². The molecule has 0 spiro atoms. The Kier molecular flexibility index (Phi) is 5.02. The summed E-state index contributed by atoms with van der Waals surface area (Å²) in [6, 6.07) is 0. The lowest BCUT2D eigenvalue weighted by Gasteiger charge is -2.63. The topological polar surface area (TPSA) is 57.5 Å². The number of aliphatic carboxylic acids is 1. The van der Waals surface area contributed by atoms with Gasteiger partial charge in [0, 0.05) is 6.08 Å². The number of fused-ring (bicyclic) bond motifs is 1. The summed E-state index contributed by atoms with van der Waals surface area (Å²) in [6.45, 7) is 11.1. The van der Waals surface area contributed by atoms with Crippen molar-refractivity contribution in [2.24, 2.45) is 22.7 Å². The Labute approximate surface area is 141 Å². The van der Waals surface area contributed by atoms with E-state index in [-0.39, 0.29) is 16.7 Å². The van der Waals surface area contributed by atoms with Crippen LogP contribution in [-0.4, -0.2) is 21.8 Å². The maximum Gasteiger partial charge on any atom is 0.328 e. The summed E-state index contributed by atoms with van der Waals surface area (Å²) in [5, 5.41) is 20.6. The minimum absolute atomic E-state index is 0.0596. The van der Waals surface area contributed by atoms with Gasteiger partial charge in [-0.1, -0.05) is 39.7 Å². The van der Waals surface area contributed by atoms with Crippen LogP contribution in [0.2, 0.25) is 0 Å². The molecule has 0 amide bonds. The lowest BCUT2D eigenvalue weighted by Crippen LogP contribution is -2.62. The van der Waals surface area contributed by atoms with Crippen molar-refractivity contribution in [1.82, 2.24) is 0 Å². The molecule has 2 aliphatic carbocycles. The summed E-state index contributed by atoms with van der Waals surface area (Å²) in [5.41, 5.74) is 0.378. The van der Waals surface area contributed by atoms with Crippen LogP contribution < -0.4 is 0 Å². The monoisotopic (exact) mass is 322 g/mol. The molecular weight excluding hydrogens is 288 g/mol. The van der Waals surface area contributed by atoms with Gasteiger partial charge in [0.25, 0.3) is 0 Å². The molecule has 0 unspecified atom stereocenters. The van der Waals surface area contributed by atoms with Gasteiger partial charge in [-0.3, -0.25) is 0 Å². The molecule has 0 aromatic heterocycles. The van der Waals surface area contributed by atoms with Crippen molar-refractivity contribution < 1.29 is 15.0 Å². The van der Waals surface area contributed by atoms with Crippen molar-refractivity contribution >= 4 is 5.97 Å². The van der Waals surface area contributed by atoms with E-state index in [4.69, 9.17) is 5.11 Å². The summed E-state index contributed by atoms with van der Waals surface area (Å²) < 4.78 is 0. The third-order valence-corrected chi connectivity index (χ3v) is 7.19. The second kappa shape index (κ2) is 6.23. The highest BCUT2D eigenvalue weighted by Gasteiger charge is 2.60. The van der Waals surface area contributed by atoms with Crippen LogP contribution in [0.1, 0.15) is 79.6 Å². The third kappa shape index (κ3) is 3.22. The van der Waals surface area contributed by atoms with E-state index in [2.05, 4.69) is 27.7 Å². The first kappa shape index (κ1) is 18.5. The molecule has 3 heteroatoms. The molecule has 2 aliphatic rings. The SMILES string of the molecule is CC(=CC(=O)O)CC[C@@]1(O)[C@@H](C)CC[C@H]2C(C)(C)CCC[C@@]21C. The molecule has 0 aromatic rings. The molecule has 2 fully saturated rings. The minimum Gasteiger partial charge on any atom is -0.478 e. The molecule has 2 rings (SSSR count). The largest absolute Gasteiger partial charge is 0.478 e. The second-order valence-corrected chi connectivity index (χ2v) is 9.04. The van der Waals surface area contributed by atoms with Crippen LogP contribution in [0.5, 0.6) is 0 Å². The number of hydrogen-bond donors (Lipinski definition) is 2. The van der Waals surface area contributed by atoms with Crippen LogP contribution in [0.3, 0.4) is 0 Å². The quantitative estimate of drug-likeness (QED) is 0.732. The predicted octanol–water partition coefficient (Wildman–Crippen LogP) is 4.79. The molecule has 3 nitrogen and oxygen atoms in total. The summed E-state index contributed by atoms with van der Waals surface area (Å²) in [6.07, 6.45) is 8.40. The molecular formula is C20H34O3. The van der Waals surface area contributed by atoms with Gasteiger partial charge in [0.05, 0.1) is 5.60 Å². The molecule has 4 atom stereocenters. The Morgan fingerprint density at radius 2 is 1.87 bits per heavy atom. The highest BCUT2D eigenvalue weighted by Crippen LogP contribution is 2.63. The number of carboxylic acid groups (broad SMARTS) is 1. The summed E-state index contributed by atoms with van der Waals surface area (Å²) in [4.78, 5) is 10.8. The maximum atomic E-state index is 11.7. The zero-order valence-corrected chi connectivity index (χ0v) is 15.5. The van der Waals surface area contributed by atoms with Gasteiger partial charge in [-0.15, -0.1) is 0 Å². The Bertz CT molecular complexity index is 493. The fraction of sp³-hybridized carbons (Fsp3) is 0.850. The van der Waals surface area contributed by atoms with Crippen LogP contribution in [0.15, 0.2) is 11.6 Å². The van der Waals surface area contributed by atoms with Crippen molar-refractivity contribution in [1.29, 1.82) is 0 Å². The average molecular weight is 322 g/mol. The molecule has 2 N–H and O–H groups in total. The smallest absolute Gasteiger partial charge is 0.328 e. The summed E-state index contributed by atoms with van der Waals surface area (Å²) >= 11 is 0. The van der Waals surface area contributed by atoms with E-state index in [1.165, 1.54) is 25.3 Å². The van der Waals surface area contributed by atoms with E-state index in [1.807, 2.05) is 6.92 Å². The highest BCUT2D eigenvalue weighted by atomic mass is 16.4. The van der Waals surface area contributed by atoms with Crippen molar-refractivity contribution in [2.45, 2.75) is 85.2 Å². The van der Waals surface area contributed by atoms with Crippen molar-refractivity contribution in [2.75, 3.05) is 0 Å². The molecule has 0 aromatic carbocycles. The van der Waals surface area contributed by atoms with Crippen molar-refractivity contribution in [3.8, 4) is 0 Å². The number of aliphatic hydroxyl groups is 1. The second-order valence-electron chi connectivity index (χ2n) is 9.04. The number of hydrogen-bond acceptors (Lipinski definition) is 2. The van der Waals surface area contributed by atoms with Gasteiger partial charge >= 0.3 is 5.97 Å². The Hall–Kier alpha value is -0.830. The van der Waals surface area contributed by atoms with Crippen molar-refractivity contribution in [3.05, 3.63) is 11.6 Å². The van der Waals surface area contributed by atoms with Gasteiger partial charge < -0.3 is 10.2 Å². The fourth-order valence-corrected chi connectivity index (χ4v) is 5.77. The zero-order chi connectivity index (χ0) is 17.5. The number of rotatable bonds is 4. The summed E-state index contributed by atoms with van der Waals surface area (Å²) in [5.74, 6) is -0.0712. The zero-order valence-electron chi connectivity index (χ0n) is 15.5.